The topological polar surface area (TPSA) is 81.6 Å². The molecule has 0 heterocycles. The van der Waals surface area contributed by atoms with Crippen molar-refractivity contribution < 1.29 is 15.0 Å². The fourth-order valence-electron chi connectivity index (χ4n) is 2.01. The Morgan fingerprint density at radius 1 is 1.18 bits per heavy atom. The number of nitrogens with one attached hydrogen (secondary N) is 2. The first kappa shape index (κ1) is 15.8. The summed E-state index contributed by atoms with van der Waals surface area (Å²) in [5.74, 6) is -0.840. The number of hydrogen-bond acceptors (Lipinski definition) is 3. The predicted octanol–water partition coefficient (Wildman–Crippen LogP) is 3.14. The smallest absolute Gasteiger partial charge is 0.337 e. The molecule has 2 aromatic carbocycles. The fourth-order valence-corrected chi connectivity index (χ4v) is 2.30. The second-order valence-electron chi connectivity index (χ2n) is 4.77. The monoisotopic (exact) mass is 316 g/mol. The second-order valence-corrected chi connectivity index (χ2v) is 5.17. The largest absolute Gasteiger partial charge is 0.508 e. The Hall–Kier alpha value is -2.60. The van der Waals surface area contributed by atoms with Crippen molar-refractivity contribution in [3.63, 3.8) is 0 Å². The Bertz CT molecular complexity index is 703. The van der Waals surface area contributed by atoms with Crippen molar-refractivity contribution in [1.29, 1.82) is 0 Å². The van der Waals surface area contributed by atoms with Crippen LogP contribution >= 0.6 is 12.2 Å². The third kappa shape index (κ3) is 3.95. The Morgan fingerprint density at radius 2 is 1.91 bits per heavy atom. The van der Waals surface area contributed by atoms with E-state index in [2.05, 4.69) is 10.6 Å². The number of aromatic carboxylic acids is 1. The molecule has 0 aliphatic carbocycles. The van der Waals surface area contributed by atoms with E-state index >= 15 is 0 Å². The normalized spacial score (nSPS) is 11.5. The summed E-state index contributed by atoms with van der Waals surface area (Å²) in [5.41, 5.74) is 1.45. The van der Waals surface area contributed by atoms with Crippen LogP contribution in [0, 0.1) is 0 Å². The van der Waals surface area contributed by atoms with E-state index in [1.807, 2.05) is 13.0 Å². The highest BCUT2D eigenvalue weighted by Gasteiger charge is 2.12. The number of carboxylic acid groups (broad SMARTS) is 1. The van der Waals surface area contributed by atoms with E-state index in [0.717, 1.165) is 5.56 Å². The lowest BCUT2D eigenvalue weighted by Crippen LogP contribution is -2.31. The molecule has 4 N–H and O–H groups in total. The molecule has 0 saturated carbocycles. The van der Waals surface area contributed by atoms with Crippen molar-refractivity contribution in [1.82, 2.24) is 5.32 Å². The van der Waals surface area contributed by atoms with Gasteiger partial charge in [0.15, 0.2) is 5.11 Å². The minimum absolute atomic E-state index is 0.135. The summed E-state index contributed by atoms with van der Waals surface area (Å²) in [5, 5.41) is 24.9. The molecule has 5 nitrogen and oxygen atoms in total. The molecule has 114 valence electrons. The van der Waals surface area contributed by atoms with E-state index < -0.39 is 5.97 Å². The van der Waals surface area contributed by atoms with Crippen molar-refractivity contribution in [2.75, 3.05) is 5.32 Å². The van der Waals surface area contributed by atoms with Gasteiger partial charge in [0, 0.05) is 0 Å². The van der Waals surface area contributed by atoms with E-state index in [-0.39, 0.29) is 17.4 Å². The van der Waals surface area contributed by atoms with Gasteiger partial charge in [0.2, 0.25) is 0 Å². The molecule has 0 aliphatic heterocycles. The van der Waals surface area contributed by atoms with E-state index in [9.17, 15) is 9.90 Å². The van der Waals surface area contributed by atoms with Crippen molar-refractivity contribution in [2.45, 2.75) is 13.0 Å². The van der Waals surface area contributed by atoms with E-state index in [1.54, 1.807) is 36.4 Å². The molecular weight excluding hydrogens is 300 g/mol. The summed E-state index contributed by atoms with van der Waals surface area (Å²) >= 11 is 5.21. The number of carbonyl (C=O) groups is 1. The van der Waals surface area contributed by atoms with Crippen molar-refractivity contribution >= 4 is 29.0 Å². The van der Waals surface area contributed by atoms with Crippen LogP contribution in [0.25, 0.3) is 0 Å². The Balaban J connectivity index is 2.06. The van der Waals surface area contributed by atoms with Gasteiger partial charge in [0.25, 0.3) is 0 Å². The molecule has 6 heteroatoms. The Labute approximate surface area is 133 Å². The molecule has 2 aromatic rings. The third-order valence-electron chi connectivity index (χ3n) is 3.12. The van der Waals surface area contributed by atoms with Crippen molar-refractivity contribution in [3.05, 3.63) is 59.7 Å². The van der Waals surface area contributed by atoms with E-state index in [1.165, 1.54) is 6.07 Å². The number of anilines is 1. The number of rotatable bonds is 4. The second kappa shape index (κ2) is 6.91. The molecule has 0 aliphatic rings. The highest BCUT2D eigenvalue weighted by molar-refractivity contribution is 7.80. The molecule has 0 spiro atoms. The van der Waals surface area contributed by atoms with Gasteiger partial charge in [-0.25, -0.2) is 4.79 Å². The highest BCUT2D eigenvalue weighted by atomic mass is 32.1. The van der Waals surface area contributed by atoms with Crippen LogP contribution in [0.4, 0.5) is 5.69 Å². The van der Waals surface area contributed by atoms with Crippen LogP contribution in [-0.4, -0.2) is 21.3 Å². The van der Waals surface area contributed by atoms with Crippen LogP contribution in [0.2, 0.25) is 0 Å². The minimum atomic E-state index is -1.02. The number of aromatic hydroxyl groups is 1. The molecule has 0 fully saturated rings. The zero-order valence-corrected chi connectivity index (χ0v) is 12.7. The zero-order valence-electron chi connectivity index (χ0n) is 11.9. The lowest BCUT2D eigenvalue weighted by atomic mass is 10.1. The predicted molar refractivity (Wildman–Crippen MR) is 89.3 cm³/mol. The van der Waals surface area contributed by atoms with Gasteiger partial charge in [-0.15, -0.1) is 0 Å². The van der Waals surface area contributed by atoms with Crippen LogP contribution in [0.3, 0.4) is 0 Å². The molecule has 0 unspecified atom stereocenters. The molecule has 0 aromatic heterocycles. The molecular formula is C16H16N2O3S. The lowest BCUT2D eigenvalue weighted by molar-refractivity contribution is 0.0698. The van der Waals surface area contributed by atoms with Crippen LogP contribution in [0.5, 0.6) is 5.75 Å². The van der Waals surface area contributed by atoms with Gasteiger partial charge in [0.1, 0.15) is 5.75 Å². The molecule has 0 bridgehead atoms. The quantitative estimate of drug-likeness (QED) is 0.649. The summed E-state index contributed by atoms with van der Waals surface area (Å²) in [7, 11) is 0. The van der Waals surface area contributed by atoms with Gasteiger partial charge in [-0.3, -0.25) is 0 Å². The summed E-state index contributed by atoms with van der Waals surface area (Å²) in [6, 6.07) is 13.3. The zero-order chi connectivity index (χ0) is 16.1. The maximum atomic E-state index is 11.2. The molecule has 0 amide bonds. The minimum Gasteiger partial charge on any atom is -0.508 e. The SMILES string of the molecule is C[C@@H](NC(=S)Nc1ccccc1C(=O)O)c1cccc(O)c1. The standard InChI is InChI=1S/C16H16N2O3S/c1-10(11-5-4-6-12(19)9-11)17-16(22)18-14-8-3-2-7-13(14)15(20)21/h2-10,19H,1H3,(H,20,21)(H2,17,18,22)/t10-/m1/s1. The van der Waals surface area contributed by atoms with Crippen LogP contribution in [0.1, 0.15) is 28.9 Å². The average molecular weight is 316 g/mol. The first-order valence-corrected chi connectivity index (χ1v) is 7.07. The molecule has 1 atom stereocenters. The maximum absolute atomic E-state index is 11.2. The fraction of sp³-hybridized carbons (Fsp3) is 0.125. The van der Waals surface area contributed by atoms with Gasteiger partial charge in [-0.2, -0.15) is 0 Å². The summed E-state index contributed by atoms with van der Waals surface area (Å²) in [6.45, 7) is 1.89. The van der Waals surface area contributed by atoms with Crippen molar-refractivity contribution in [2.24, 2.45) is 0 Å². The van der Waals surface area contributed by atoms with Gasteiger partial charge in [0.05, 0.1) is 17.3 Å². The molecule has 0 saturated heterocycles. The van der Waals surface area contributed by atoms with Crippen LogP contribution in [0.15, 0.2) is 48.5 Å². The number of hydrogen-bond donors (Lipinski definition) is 4. The number of phenolic OH excluding ortho intramolecular Hbond substituents is 1. The number of para-hydroxylation sites is 1. The summed E-state index contributed by atoms with van der Waals surface area (Å²) < 4.78 is 0. The van der Waals surface area contributed by atoms with Gasteiger partial charge >= 0.3 is 5.97 Å². The first-order valence-electron chi connectivity index (χ1n) is 6.66. The Morgan fingerprint density at radius 3 is 2.59 bits per heavy atom. The molecule has 22 heavy (non-hydrogen) atoms. The van der Waals surface area contributed by atoms with Crippen molar-refractivity contribution in [3.8, 4) is 5.75 Å². The average Bonchev–Trinajstić information content (AvgIpc) is 2.47. The molecule has 2 rings (SSSR count). The highest BCUT2D eigenvalue weighted by Crippen LogP contribution is 2.19. The molecule has 0 radical (unpaired) electrons. The summed E-state index contributed by atoms with van der Waals surface area (Å²) in [6.07, 6.45) is 0. The lowest BCUT2D eigenvalue weighted by Gasteiger charge is -2.18. The number of benzene rings is 2. The number of phenols is 1. The summed E-state index contributed by atoms with van der Waals surface area (Å²) in [4.78, 5) is 11.2. The van der Waals surface area contributed by atoms with Crippen LogP contribution < -0.4 is 10.6 Å². The van der Waals surface area contributed by atoms with E-state index in [4.69, 9.17) is 17.3 Å². The maximum Gasteiger partial charge on any atom is 0.337 e. The first-order chi connectivity index (χ1) is 10.5. The van der Waals surface area contributed by atoms with Crippen LogP contribution in [-0.2, 0) is 0 Å². The van der Waals surface area contributed by atoms with E-state index in [0.29, 0.717) is 10.8 Å². The third-order valence-corrected chi connectivity index (χ3v) is 3.34. The van der Waals surface area contributed by atoms with Gasteiger partial charge in [-0.05, 0) is 49.0 Å². The number of thiocarbonyl (C=S) groups is 1. The Kier molecular flexibility index (Phi) is 4.95. The van der Waals surface area contributed by atoms with Gasteiger partial charge in [-0.1, -0.05) is 24.3 Å². The number of carboxylic acids is 1. The van der Waals surface area contributed by atoms with Gasteiger partial charge < -0.3 is 20.8 Å².